The summed E-state index contributed by atoms with van der Waals surface area (Å²) in [6.45, 7) is 13.8. The molecule has 1 aliphatic carbocycles. The predicted octanol–water partition coefficient (Wildman–Crippen LogP) is 10.5. The number of carbonyl (C=O) groups is 1. The van der Waals surface area contributed by atoms with Crippen LogP contribution >= 0.6 is 0 Å². The normalized spacial score (nSPS) is 22.1. The molecule has 0 aromatic heterocycles. The van der Waals surface area contributed by atoms with E-state index in [0.717, 1.165) is 98.3 Å². The molecule has 0 spiro atoms. The SMILES string of the molecule is CCCCCCCCCCCCOC(=O)CC[C@@H]1C2=C3CC(O)=C4C3=NC(=C4C)C=C3N=C(C=C4N=C(C=C(N2)[C@H]1C)C(C)=C4COC)C(C)=C3CC. The van der Waals surface area contributed by atoms with Gasteiger partial charge in [-0.1, -0.05) is 78.6 Å². The van der Waals surface area contributed by atoms with Gasteiger partial charge in [0.1, 0.15) is 5.76 Å². The minimum Gasteiger partial charge on any atom is -0.511 e. The maximum absolute atomic E-state index is 13.1. The predicted molar refractivity (Wildman–Crippen MR) is 216 cm³/mol. The standard InChI is InChI=1S/C45H60N4O4/c1-8-10-11-12-13-14-15-16-17-18-21-53-42(51)20-19-32-28(4)37-23-35-29(5)34(26-52-7)40(47-35)24-36-27(3)31(9-2)39(46-36)25-38-30(6)43-41(50)22-33(44(32)48-37)45(43)49-38/h23-25,28,32,48,50H,8-22,26H2,1-7H3/t28-,32-/m0/s1. The molecule has 8 nitrogen and oxygen atoms in total. The number of unbranched alkanes of at least 4 members (excludes halogenated alkanes) is 9. The van der Waals surface area contributed by atoms with Crippen molar-refractivity contribution in [2.75, 3.05) is 20.3 Å². The Morgan fingerprint density at radius 2 is 1.49 bits per heavy atom. The fourth-order valence-corrected chi connectivity index (χ4v) is 8.61. The average Bonchev–Trinajstić information content (AvgIpc) is 3.89. The van der Waals surface area contributed by atoms with Crippen molar-refractivity contribution in [2.24, 2.45) is 26.8 Å². The number of fused-ring (bicyclic) bond motifs is 5. The fourth-order valence-electron chi connectivity index (χ4n) is 8.61. The number of aliphatic hydroxyl groups excluding tert-OH is 1. The number of methoxy groups -OCH3 is 1. The number of nitrogens with zero attached hydrogens (tertiary/aromatic N) is 3. The average molecular weight is 721 g/mol. The zero-order valence-electron chi connectivity index (χ0n) is 33.2. The van der Waals surface area contributed by atoms with Crippen molar-refractivity contribution >= 4 is 23.1 Å². The van der Waals surface area contributed by atoms with Crippen LogP contribution in [0.2, 0.25) is 0 Å². The lowest BCUT2D eigenvalue weighted by Gasteiger charge is -2.17. The Morgan fingerprint density at radius 3 is 2.17 bits per heavy atom. The second-order valence-corrected chi connectivity index (χ2v) is 15.5. The lowest BCUT2D eigenvalue weighted by atomic mass is 9.86. The van der Waals surface area contributed by atoms with Gasteiger partial charge >= 0.3 is 5.97 Å². The molecule has 5 aliphatic heterocycles. The number of ether oxygens (including phenoxy) is 2. The molecule has 2 N–H and O–H groups in total. The first-order valence-electron chi connectivity index (χ1n) is 20.3. The van der Waals surface area contributed by atoms with Crippen molar-refractivity contribution in [1.82, 2.24) is 5.32 Å². The summed E-state index contributed by atoms with van der Waals surface area (Å²) in [5.74, 6) is 0.302. The van der Waals surface area contributed by atoms with Gasteiger partial charge in [0, 0.05) is 59.9 Å². The van der Waals surface area contributed by atoms with Crippen molar-refractivity contribution in [3.63, 3.8) is 0 Å². The third kappa shape index (κ3) is 8.23. The number of aliphatic imine (C=N–C) groups is 3. The molecule has 0 amide bonds. The van der Waals surface area contributed by atoms with Crippen molar-refractivity contribution in [3.05, 3.63) is 91.5 Å². The number of allylic oxidation sites excluding steroid dienone is 11. The van der Waals surface area contributed by atoms with Crippen LogP contribution in [0.5, 0.6) is 0 Å². The van der Waals surface area contributed by atoms with Gasteiger partial charge in [-0.15, -0.1) is 0 Å². The van der Waals surface area contributed by atoms with Crippen LogP contribution in [0.25, 0.3) is 0 Å². The molecule has 1 saturated heterocycles. The maximum atomic E-state index is 13.1. The number of hydrogen-bond donors (Lipinski definition) is 2. The summed E-state index contributed by atoms with van der Waals surface area (Å²) in [5, 5.41) is 15.2. The van der Waals surface area contributed by atoms with E-state index in [4.69, 9.17) is 24.5 Å². The van der Waals surface area contributed by atoms with E-state index in [1.54, 1.807) is 7.11 Å². The molecule has 5 heterocycles. The Hall–Kier alpha value is -4.04. The first-order valence-corrected chi connectivity index (χ1v) is 20.3. The molecule has 2 atom stereocenters. The van der Waals surface area contributed by atoms with Crippen LogP contribution in [0.4, 0.5) is 0 Å². The van der Waals surface area contributed by atoms with Gasteiger partial charge in [-0.2, -0.15) is 0 Å². The third-order valence-electron chi connectivity index (χ3n) is 11.9. The maximum Gasteiger partial charge on any atom is 0.305 e. The van der Waals surface area contributed by atoms with E-state index in [9.17, 15) is 9.90 Å². The van der Waals surface area contributed by atoms with Gasteiger partial charge in [0.05, 0.1) is 47.4 Å². The van der Waals surface area contributed by atoms with Gasteiger partial charge in [-0.3, -0.25) is 4.79 Å². The molecule has 0 unspecified atom stereocenters. The highest BCUT2D eigenvalue weighted by Crippen LogP contribution is 2.46. The summed E-state index contributed by atoms with van der Waals surface area (Å²) >= 11 is 0. The molecule has 1 fully saturated rings. The Morgan fingerprint density at radius 1 is 0.849 bits per heavy atom. The first-order chi connectivity index (χ1) is 25.7. The summed E-state index contributed by atoms with van der Waals surface area (Å²) in [7, 11) is 1.72. The van der Waals surface area contributed by atoms with E-state index in [1.165, 1.54) is 56.9 Å². The highest BCUT2D eigenvalue weighted by atomic mass is 16.5. The summed E-state index contributed by atoms with van der Waals surface area (Å²) < 4.78 is 11.4. The zero-order chi connectivity index (χ0) is 37.6. The zero-order valence-corrected chi connectivity index (χ0v) is 33.2. The molecule has 6 rings (SSSR count). The fraction of sp³-hybridized carbons (Fsp3) is 0.556. The van der Waals surface area contributed by atoms with Crippen LogP contribution in [0, 0.1) is 11.8 Å². The van der Waals surface area contributed by atoms with E-state index in [2.05, 4.69) is 58.2 Å². The van der Waals surface area contributed by atoms with Crippen molar-refractivity contribution in [2.45, 2.75) is 131 Å². The van der Waals surface area contributed by atoms with Gasteiger partial charge in [-0.25, -0.2) is 15.0 Å². The third-order valence-corrected chi connectivity index (χ3v) is 11.9. The molecule has 0 aromatic carbocycles. The lowest BCUT2D eigenvalue weighted by molar-refractivity contribution is -0.144. The molecule has 6 aliphatic rings. The Balaban J connectivity index is 1.24. The van der Waals surface area contributed by atoms with Crippen LogP contribution in [0.1, 0.15) is 131 Å². The second-order valence-electron chi connectivity index (χ2n) is 15.5. The molecule has 53 heavy (non-hydrogen) atoms. The van der Waals surface area contributed by atoms with E-state index in [-0.39, 0.29) is 17.8 Å². The van der Waals surface area contributed by atoms with E-state index >= 15 is 0 Å². The van der Waals surface area contributed by atoms with Crippen molar-refractivity contribution < 1.29 is 19.4 Å². The minimum atomic E-state index is -0.143. The van der Waals surface area contributed by atoms with Crippen LogP contribution in [-0.2, 0) is 14.3 Å². The second kappa shape index (κ2) is 17.4. The summed E-state index contributed by atoms with van der Waals surface area (Å²) in [6, 6.07) is 0. The molecule has 8 heteroatoms. The largest absolute Gasteiger partial charge is 0.511 e. The molecule has 0 radical (unpaired) electrons. The number of esters is 1. The summed E-state index contributed by atoms with van der Waals surface area (Å²) in [6.07, 6.45) is 21.0. The van der Waals surface area contributed by atoms with E-state index < -0.39 is 0 Å². The summed E-state index contributed by atoms with van der Waals surface area (Å²) in [5.41, 5.74) is 14.5. The van der Waals surface area contributed by atoms with Gasteiger partial charge in [0.2, 0.25) is 0 Å². The highest BCUT2D eigenvalue weighted by Gasteiger charge is 2.41. The minimum absolute atomic E-state index is 0.0213. The van der Waals surface area contributed by atoms with Crippen LogP contribution < -0.4 is 5.32 Å². The Labute approximate surface area is 317 Å². The van der Waals surface area contributed by atoms with Crippen LogP contribution in [0.15, 0.2) is 106 Å². The van der Waals surface area contributed by atoms with Gasteiger partial charge in [-0.05, 0) is 80.6 Å². The van der Waals surface area contributed by atoms with Crippen LogP contribution in [-0.4, -0.2) is 48.5 Å². The smallest absolute Gasteiger partial charge is 0.305 e. The highest BCUT2D eigenvalue weighted by molar-refractivity contribution is 6.21. The van der Waals surface area contributed by atoms with E-state index in [1.807, 2.05) is 6.92 Å². The molecule has 284 valence electrons. The van der Waals surface area contributed by atoms with Gasteiger partial charge in [0.15, 0.2) is 0 Å². The number of nitrogens with one attached hydrogen (secondary N) is 1. The Bertz CT molecular complexity index is 1850. The molecule has 0 saturated carbocycles. The number of carbonyl (C=O) groups excluding carboxylic acids is 1. The van der Waals surface area contributed by atoms with Crippen molar-refractivity contribution in [1.29, 1.82) is 0 Å². The van der Waals surface area contributed by atoms with Crippen molar-refractivity contribution in [3.8, 4) is 0 Å². The summed E-state index contributed by atoms with van der Waals surface area (Å²) in [4.78, 5) is 28.5. The number of hydrogen-bond acceptors (Lipinski definition) is 8. The monoisotopic (exact) mass is 720 g/mol. The number of rotatable bonds is 17. The topological polar surface area (TPSA) is 105 Å². The molecule has 8 bridgehead atoms. The molecular weight excluding hydrogens is 661 g/mol. The molecular formula is C45H60N4O4. The lowest BCUT2D eigenvalue weighted by Crippen LogP contribution is -2.16. The quantitative estimate of drug-likeness (QED) is 0.115. The van der Waals surface area contributed by atoms with Gasteiger partial charge in [0.25, 0.3) is 0 Å². The van der Waals surface area contributed by atoms with E-state index in [0.29, 0.717) is 38.2 Å². The molecule has 0 aromatic rings. The van der Waals surface area contributed by atoms with Gasteiger partial charge < -0.3 is 19.9 Å². The Kier molecular flexibility index (Phi) is 12.7. The first kappa shape index (κ1) is 38.7. The number of aliphatic hydroxyl groups is 1. The van der Waals surface area contributed by atoms with Crippen LogP contribution in [0.3, 0.4) is 0 Å².